The standard InChI is InChI=1S/C31H28F2N6O5/c1-18(2)38-17-23(30(42)39(31(38)43)21-8-5-19(32)6-9-21)29(41)36-20-7-10-26(24(33)14-20)44-27-15-22(16-35-25(27)11-12-34)37-13-3-4-28(37)40/h5-12,14-18H,3-4,13,34H2,1-2H3,(H,36,41). The first-order valence-corrected chi connectivity index (χ1v) is 13.7. The van der Waals surface area contributed by atoms with Crippen molar-refractivity contribution in [3.63, 3.8) is 0 Å². The third-order valence-electron chi connectivity index (χ3n) is 6.92. The number of ether oxygens (including phenoxy) is 1. The molecule has 0 saturated carbocycles. The molecule has 2 aromatic carbocycles. The fraction of sp³-hybridized carbons (Fsp3) is 0.194. The number of rotatable bonds is 8. The minimum atomic E-state index is -0.930. The molecule has 0 bridgehead atoms. The molecule has 1 aliphatic heterocycles. The van der Waals surface area contributed by atoms with Crippen molar-refractivity contribution < 1.29 is 23.1 Å². The van der Waals surface area contributed by atoms with Crippen LogP contribution in [0.1, 0.15) is 48.8 Å². The second-order valence-corrected chi connectivity index (χ2v) is 10.2. The van der Waals surface area contributed by atoms with Gasteiger partial charge in [0.15, 0.2) is 17.3 Å². The van der Waals surface area contributed by atoms with Crippen LogP contribution in [0.25, 0.3) is 11.8 Å². The lowest BCUT2D eigenvalue weighted by atomic mass is 10.2. The van der Waals surface area contributed by atoms with Crippen LogP contribution in [0.15, 0.2) is 76.7 Å². The minimum Gasteiger partial charge on any atom is -0.452 e. The maximum Gasteiger partial charge on any atom is 0.335 e. The van der Waals surface area contributed by atoms with Crippen molar-refractivity contribution in [1.82, 2.24) is 14.1 Å². The van der Waals surface area contributed by atoms with Crippen LogP contribution in [0.5, 0.6) is 11.5 Å². The smallest absolute Gasteiger partial charge is 0.335 e. The number of nitrogens with one attached hydrogen (secondary N) is 1. The number of amides is 2. The average Bonchev–Trinajstić information content (AvgIpc) is 3.42. The van der Waals surface area contributed by atoms with Crippen LogP contribution in [0, 0.1) is 11.6 Å². The summed E-state index contributed by atoms with van der Waals surface area (Å²) >= 11 is 0. The quantitative estimate of drug-likeness (QED) is 0.305. The van der Waals surface area contributed by atoms with E-state index < -0.39 is 34.8 Å². The molecule has 2 aromatic heterocycles. The second kappa shape index (κ2) is 12.3. The SMILES string of the molecule is CC(C)n1cc(C(=O)Nc2ccc(Oc3cc(N4CCCC4=O)cnc3C=CN)c(F)c2)c(=O)n(-c2ccc(F)cc2)c1=O. The van der Waals surface area contributed by atoms with Gasteiger partial charge in [0.2, 0.25) is 5.91 Å². The van der Waals surface area contributed by atoms with E-state index >= 15 is 4.39 Å². The Kier molecular flexibility index (Phi) is 8.38. The highest BCUT2D eigenvalue weighted by atomic mass is 19.1. The molecule has 5 rings (SSSR count). The number of benzene rings is 2. The Bertz CT molecular complexity index is 1900. The molecule has 0 aliphatic carbocycles. The van der Waals surface area contributed by atoms with E-state index in [1.54, 1.807) is 24.8 Å². The van der Waals surface area contributed by atoms with E-state index in [2.05, 4.69) is 10.3 Å². The van der Waals surface area contributed by atoms with Crippen LogP contribution >= 0.6 is 0 Å². The molecule has 1 saturated heterocycles. The largest absolute Gasteiger partial charge is 0.452 e. The van der Waals surface area contributed by atoms with E-state index in [-0.39, 0.29) is 34.3 Å². The van der Waals surface area contributed by atoms with Crippen LogP contribution < -0.4 is 31.9 Å². The number of carbonyl (C=O) groups is 2. The van der Waals surface area contributed by atoms with Gasteiger partial charge in [0, 0.05) is 43.0 Å². The highest BCUT2D eigenvalue weighted by Gasteiger charge is 2.24. The summed E-state index contributed by atoms with van der Waals surface area (Å²) < 4.78 is 36.5. The number of aromatic nitrogens is 3. The number of pyridine rings is 1. The molecule has 3 N–H and O–H groups in total. The zero-order chi connectivity index (χ0) is 31.5. The van der Waals surface area contributed by atoms with E-state index in [0.717, 1.165) is 29.0 Å². The first kappa shape index (κ1) is 29.9. The first-order valence-electron chi connectivity index (χ1n) is 13.7. The zero-order valence-electron chi connectivity index (χ0n) is 23.8. The summed E-state index contributed by atoms with van der Waals surface area (Å²) in [6, 6.07) is 9.48. The number of halogens is 2. The Labute approximate surface area is 249 Å². The van der Waals surface area contributed by atoms with Crippen molar-refractivity contribution in [2.24, 2.45) is 5.73 Å². The molecule has 0 atom stereocenters. The van der Waals surface area contributed by atoms with Crippen LogP contribution in [0.2, 0.25) is 0 Å². The maximum absolute atomic E-state index is 15.2. The van der Waals surface area contributed by atoms with Gasteiger partial charge in [-0.2, -0.15) is 0 Å². The van der Waals surface area contributed by atoms with Gasteiger partial charge in [0.05, 0.1) is 17.6 Å². The summed E-state index contributed by atoms with van der Waals surface area (Å²) in [5.74, 6) is -2.41. The second-order valence-electron chi connectivity index (χ2n) is 10.2. The molecular formula is C31H28F2N6O5. The molecule has 0 spiro atoms. The molecule has 1 aliphatic rings. The fourth-order valence-electron chi connectivity index (χ4n) is 4.71. The predicted octanol–water partition coefficient (Wildman–Crippen LogP) is 4.35. The normalized spacial score (nSPS) is 13.2. The van der Waals surface area contributed by atoms with Crippen molar-refractivity contribution in [1.29, 1.82) is 0 Å². The van der Waals surface area contributed by atoms with Gasteiger partial charge in [0.1, 0.15) is 17.1 Å². The maximum atomic E-state index is 15.2. The van der Waals surface area contributed by atoms with Crippen LogP contribution in [-0.2, 0) is 4.79 Å². The van der Waals surface area contributed by atoms with E-state index in [0.29, 0.717) is 30.8 Å². The summed E-state index contributed by atoms with van der Waals surface area (Å²) in [5.41, 5.74) is 4.38. The fourth-order valence-corrected chi connectivity index (χ4v) is 4.71. The number of anilines is 2. The minimum absolute atomic E-state index is 0.00601. The third kappa shape index (κ3) is 5.98. The van der Waals surface area contributed by atoms with Gasteiger partial charge < -0.3 is 20.7 Å². The van der Waals surface area contributed by atoms with Crippen molar-refractivity contribution >= 4 is 29.3 Å². The Morgan fingerprint density at radius 3 is 2.43 bits per heavy atom. The summed E-state index contributed by atoms with van der Waals surface area (Å²) in [5, 5.41) is 2.48. The predicted molar refractivity (Wildman–Crippen MR) is 160 cm³/mol. The average molecular weight is 603 g/mol. The Morgan fingerprint density at radius 2 is 1.80 bits per heavy atom. The van der Waals surface area contributed by atoms with Crippen molar-refractivity contribution in [3.05, 3.63) is 111 Å². The van der Waals surface area contributed by atoms with Gasteiger partial charge in [-0.15, -0.1) is 0 Å². The molecule has 0 radical (unpaired) electrons. The van der Waals surface area contributed by atoms with E-state index in [4.69, 9.17) is 10.5 Å². The van der Waals surface area contributed by atoms with E-state index in [1.165, 1.54) is 47.3 Å². The Hall–Kier alpha value is -5.59. The highest BCUT2D eigenvalue weighted by molar-refractivity contribution is 6.04. The lowest BCUT2D eigenvalue weighted by Gasteiger charge is -2.18. The van der Waals surface area contributed by atoms with E-state index in [1.807, 2.05) is 0 Å². The molecule has 11 nitrogen and oxygen atoms in total. The molecule has 4 aromatic rings. The number of carbonyl (C=O) groups excluding carboxylic acids is 2. The van der Waals surface area contributed by atoms with Crippen LogP contribution in [0.3, 0.4) is 0 Å². The van der Waals surface area contributed by atoms with Gasteiger partial charge >= 0.3 is 5.69 Å². The van der Waals surface area contributed by atoms with E-state index in [9.17, 15) is 23.6 Å². The number of nitrogens with zero attached hydrogens (tertiary/aromatic N) is 4. The summed E-state index contributed by atoms with van der Waals surface area (Å²) in [6.07, 6.45) is 6.48. The Morgan fingerprint density at radius 1 is 1.05 bits per heavy atom. The van der Waals surface area contributed by atoms with Crippen molar-refractivity contribution in [2.45, 2.75) is 32.7 Å². The zero-order valence-corrected chi connectivity index (χ0v) is 23.8. The van der Waals surface area contributed by atoms with Crippen molar-refractivity contribution in [2.75, 3.05) is 16.8 Å². The highest BCUT2D eigenvalue weighted by Crippen LogP contribution is 2.33. The Balaban J connectivity index is 1.43. The number of nitrogens with two attached hydrogens (primary N) is 1. The van der Waals surface area contributed by atoms with Gasteiger partial charge in [-0.25, -0.2) is 18.1 Å². The summed E-state index contributed by atoms with van der Waals surface area (Å²) in [6.45, 7) is 3.91. The van der Waals surface area contributed by atoms with Gasteiger partial charge in [-0.3, -0.25) is 23.9 Å². The van der Waals surface area contributed by atoms with Crippen LogP contribution in [-0.4, -0.2) is 32.5 Å². The topological polar surface area (TPSA) is 142 Å². The molecule has 44 heavy (non-hydrogen) atoms. The first-order chi connectivity index (χ1) is 21.1. The number of hydrogen-bond donors (Lipinski definition) is 2. The molecule has 2 amide bonds. The van der Waals surface area contributed by atoms with Crippen LogP contribution in [0.4, 0.5) is 20.2 Å². The number of hydrogen-bond acceptors (Lipinski definition) is 7. The van der Waals surface area contributed by atoms with Crippen molar-refractivity contribution in [3.8, 4) is 17.2 Å². The summed E-state index contributed by atoms with van der Waals surface area (Å²) in [4.78, 5) is 57.7. The molecule has 226 valence electrons. The van der Waals surface area contributed by atoms with Gasteiger partial charge in [-0.05, 0) is 68.9 Å². The molecule has 1 fully saturated rings. The molecule has 13 heteroatoms. The third-order valence-corrected chi connectivity index (χ3v) is 6.92. The molecule has 3 heterocycles. The monoisotopic (exact) mass is 602 g/mol. The lowest BCUT2D eigenvalue weighted by molar-refractivity contribution is -0.117. The molecule has 0 unspecified atom stereocenters. The summed E-state index contributed by atoms with van der Waals surface area (Å²) in [7, 11) is 0. The van der Waals surface area contributed by atoms with Gasteiger partial charge in [-0.1, -0.05) is 0 Å². The van der Waals surface area contributed by atoms with Gasteiger partial charge in [0.25, 0.3) is 11.5 Å². The lowest BCUT2D eigenvalue weighted by Crippen LogP contribution is -2.42. The molecular weight excluding hydrogens is 574 g/mol.